The molecule has 0 atom stereocenters. The van der Waals surface area contributed by atoms with Gasteiger partial charge in [-0.2, -0.15) is 0 Å². The van der Waals surface area contributed by atoms with Gasteiger partial charge >= 0.3 is 0 Å². The van der Waals surface area contributed by atoms with Crippen molar-refractivity contribution >= 4 is 5.69 Å². The van der Waals surface area contributed by atoms with Crippen molar-refractivity contribution in [3.05, 3.63) is 59.7 Å². The largest absolute Gasteiger partial charge is 0.381 e. The Balaban J connectivity index is 2.07. The van der Waals surface area contributed by atoms with Crippen LogP contribution in [-0.4, -0.2) is 4.98 Å². The summed E-state index contributed by atoms with van der Waals surface area (Å²) in [6.45, 7) is 1.06. The minimum Gasteiger partial charge on any atom is -0.381 e. The van der Waals surface area contributed by atoms with Gasteiger partial charge < -0.3 is 11.1 Å². The van der Waals surface area contributed by atoms with Crippen LogP contribution < -0.4 is 11.1 Å². The van der Waals surface area contributed by atoms with Crippen LogP contribution in [0.15, 0.2) is 42.7 Å². The molecule has 0 aliphatic heterocycles. The highest BCUT2D eigenvalue weighted by atomic mass is 19.1. The number of nitrogens with zero attached hydrogens (tertiary/aromatic N) is 1. The molecular weight excluding hydrogens is 217 g/mol. The molecule has 0 saturated carbocycles. The number of anilines is 1. The number of hydrogen-bond acceptors (Lipinski definition) is 3. The van der Waals surface area contributed by atoms with Crippen LogP contribution in [0, 0.1) is 5.82 Å². The van der Waals surface area contributed by atoms with Crippen LogP contribution in [0.5, 0.6) is 0 Å². The molecule has 0 bridgehead atoms. The van der Waals surface area contributed by atoms with E-state index in [1.165, 1.54) is 12.1 Å². The Hall–Kier alpha value is -1.94. The molecule has 0 spiro atoms. The Morgan fingerprint density at radius 1 is 1.24 bits per heavy atom. The zero-order chi connectivity index (χ0) is 12.1. The molecule has 0 fully saturated rings. The Labute approximate surface area is 99.5 Å². The smallest absolute Gasteiger partial charge is 0.125 e. The lowest BCUT2D eigenvalue weighted by molar-refractivity contribution is 0.628. The number of nitrogens with one attached hydrogen (secondary N) is 1. The van der Waals surface area contributed by atoms with E-state index < -0.39 is 0 Å². The second-order valence-electron chi connectivity index (χ2n) is 3.71. The molecule has 3 nitrogen and oxygen atoms in total. The van der Waals surface area contributed by atoms with Crippen LogP contribution in [-0.2, 0) is 13.1 Å². The zero-order valence-electron chi connectivity index (χ0n) is 9.36. The van der Waals surface area contributed by atoms with Crippen molar-refractivity contribution in [1.29, 1.82) is 0 Å². The maximum Gasteiger partial charge on any atom is 0.125 e. The third-order valence-electron chi connectivity index (χ3n) is 2.53. The van der Waals surface area contributed by atoms with Crippen LogP contribution in [0.4, 0.5) is 10.1 Å². The summed E-state index contributed by atoms with van der Waals surface area (Å²) in [6, 6.07) is 8.26. The first-order valence-corrected chi connectivity index (χ1v) is 5.41. The molecule has 1 aromatic carbocycles. The molecular formula is C13H14FN3. The van der Waals surface area contributed by atoms with Gasteiger partial charge in [0.15, 0.2) is 0 Å². The van der Waals surface area contributed by atoms with E-state index in [-0.39, 0.29) is 5.82 Å². The van der Waals surface area contributed by atoms with Gasteiger partial charge in [0, 0.05) is 31.2 Å². The minimum absolute atomic E-state index is 0.250. The Morgan fingerprint density at radius 2 is 2.12 bits per heavy atom. The molecule has 0 aliphatic carbocycles. The number of aromatic nitrogens is 1. The first kappa shape index (κ1) is 11.5. The fraction of sp³-hybridized carbons (Fsp3) is 0.154. The number of hydrogen-bond donors (Lipinski definition) is 2. The maximum absolute atomic E-state index is 13.0. The molecule has 2 rings (SSSR count). The van der Waals surface area contributed by atoms with Crippen molar-refractivity contribution < 1.29 is 4.39 Å². The zero-order valence-corrected chi connectivity index (χ0v) is 9.36. The molecule has 17 heavy (non-hydrogen) atoms. The van der Waals surface area contributed by atoms with E-state index in [2.05, 4.69) is 10.3 Å². The van der Waals surface area contributed by atoms with Crippen molar-refractivity contribution in [2.24, 2.45) is 5.73 Å². The third kappa shape index (κ3) is 3.01. The number of rotatable bonds is 4. The Kier molecular flexibility index (Phi) is 3.67. The molecule has 0 unspecified atom stereocenters. The fourth-order valence-electron chi connectivity index (χ4n) is 1.61. The Morgan fingerprint density at radius 3 is 2.88 bits per heavy atom. The van der Waals surface area contributed by atoms with Gasteiger partial charge in [-0.25, -0.2) is 4.39 Å². The fourth-order valence-corrected chi connectivity index (χ4v) is 1.61. The molecule has 0 radical (unpaired) electrons. The standard InChI is InChI=1S/C13H14FN3/c14-12-2-1-3-13(6-12)17-9-11-8-16-5-4-10(11)7-15/h1-6,8,17H,7,9,15H2. The van der Waals surface area contributed by atoms with Gasteiger partial charge in [0.25, 0.3) is 0 Å². The predicted molar refractivity (Wildman–Crippen MR) is 65.9 cm³/mol. The summed E-state index contributed by atoms with van der Waals surface area (Å²) in [6.07, 6.45) is 3.49. The van der Waals surface area contributed by atoms with Gasteiger partial charge in [0.05, 0.1) is 0 Å². The highest BCUT2D eigenvalue weighted by Crippen LogP contribution is 2.12. The molecule has 0 saturated heterocycles. The van der Waals surface area contributed by atoms with Gasteiger partial charge in [-0.05, 0) is 35.4 Å². The highest BCUT2D eigenvalue weighted by molar-refractivity contribution is 5.44. The van der Waals surface area contributed by atoms with Crippen molar-refractivity contribution in [2.75, 3.05) is 5.32 Å². The lowest BCUT2D eigenvalue weighted by Crippen LogP contribution is -2.06. The summed E-state index contributed by atoms with van der Waals surface area (Å²) >= 11 is 0. The summed E-state index contributed by atoms with van der Waals surface area (Å²) in [5.41, 5.74) is 8.45. The molecule has 4 heteroatoms. The van der Waals surface area contributed by atoms with Crippen LogP contribution >= 0.6 is 0 Å². The second kappa shape index (κ2) is 5.41. The van der Waals surface area contributed by atoms with Crippen molar-refractivity contribution in [1.82, 2.24) is 4.98 Å². The van der Waals surface area contributed by atoms with Gasteiger partial charge in [0.2, 0.25) is 0 Å². The minimum atomic E-state index is -0.250. The molecule has 0 aliphatic rings. The van der Waals surface area contributed by atoms with E-state index in [0.717, 1.165) is 16.8 Å². The summed E-state index contributed by atoms with van der Waals surface area (Å²) < 4.78 is 13.0. The molecule has 88 valence electrons. The number of pyridine rings is 1. The van der Waals surface area contributed by atoms with Crippen LogP contribution in [0.3, 0.4) is 0 Å². The van der Waals surface area contributed by atoms with Crippen LogP contribution in [0.1, 0.15) is 11.1 Å². The lowest BCUT2D eigenvalue weighted by Gasteiger charge is -2.09. The van der Waals surface area contributed by atoms with Crippen molar-refractivity contribution in [3.8, 4) is 0 Å². The SMILES string of the molecule is NCc1ccncc1CNc1cccc(F)c1. The molecule has 2 aromatic rings. The van der Waals surface area contributed by atoms with E-state index in [4.69, 9.17) is 5.73 Å². The van der Waals surface area contributed by atoms with Crippen molar-refractivity contribution in [3.63, 3.8) is 0 Å². The summed E-state index contributed by atoms with van der Waals surface area (Å²) in [4.78, 5) is 4.05. The topological polar surface area (TPSA) is 50.9 Å². The van der Waals surface area contributed by atoms with E-state index >= 15 is 0 Å². The van der Waals surface area contributed by atoms with Gasteiger partial charge in [0.1, 0.15) is 5.82 Å². The van der Waals surface area contributed by atoms with Gasteiger partial charge in [-0.15, -0.1) is 0 Å². The van der Waals surface area contributed by atoms with E-state index in [1.807, 2.05) is 12.1 Å². The number of nitrogens with two attached hydrogens (primary N) is 1. The summed E-state index contributed by atoms with van der Waals surface area (Å²) in [5.74, 6) is -0.250. The maximum atomic E-state index is 13.0. The monoisotopic (exact) mass is 231 g/mol. The molecule has 3 N–H and O–H groups in total. The Bertz CT molecular complexity index is 500. The average molecular weight is 231 g/mol. The second-order valence-corrected chi connectivity index (χ2v) is 3.71. The molecule has 1 aromatic heterocycles. The van der Waals surface area contributed by atoms with E-state index in [0.29, 0.717) is 13.1 Å². The molecule has 1 heterocycles. The van der Waals surface area contributed by atoms with E-state index in [1.54, 1.807) is 18.5 Å². The van der Waals surface area contributed by atoms with E-state index in [9.17, 15) is 4.39 Å². The number of halogens is 1. The van der Waals surface area contributed by atoms with Crippen LogP contribution in [0.2, 0.25) is 0 Å². The summed E-state index contributed by atoms with van der Waals surface area (Å²) in [5, 5.41) is 3.14. The first-order valence-electron chi connectivity index (χ1n) is 5.41. The summed E-state index contributed by atoms with van der Waals surface area (Å²) in [7, 11) is 0. The lowest BCUT2D eigenvalue weighted by atomic mass is 10.1. The van der Waals surface area contributed by atoms with Gasteiger partial charge in [-0.3, -0.25) is 4.98 Å². The normalized spacial score (nSPS) is 10.2. The van der Waals surface area contributed by atoms with Crippen molar-refractivity contribution in [2.45, 2.75) is 13.1 Å². The molecule has 0 amide bonds. The average Bonchev–Trinajstić information content (AvgIpc) is 2.37. The first-order chi connectivity index (χ1) is 8.29. The van der Waals surface area contributed by atoms with Crippen LogP contribution in [0.25, 0.3) is 0 Å². The van der Waals surface area contributed by atoms with Gasteiger partial charge in [-0.1, -0.05) is 6.07 Å². The quantitative estimate of drug-likeness (QED) is 0.848. The third-order valence-corrected chi connectivity index (χ3v) is 2.53. The number of benzene rings is 1. The predicted octanol–water partition coefficient (Wildman–Crippen LogP) is 2.29. The highest BCUT2D eigenvalue weighted by Gasteiger charge is 2.01.